The summed E-state index contributed by atoms with van der Waals surface area (Å²) >= 11 is 3.36. The van der Waals surface area contributed by atoms with E-state index in [-0.39, 0.29) is 5.91 Å². The molecule has 2 aromatic rings. The molecule has 2 N–H and O–H groups in total. The van der Waals surface area contributed by atoms with Gasteiger partial charge in [-0.1, -0.05) is 15.9 Å². The van der Waals surface area contributed by atoms with E-state index in [1.807, 2.05) is 24.3 Å². The van der Waals surface area contributed by atoms with E-state index in [0.29, 0.717) is 25.3 Å². The van der Waals surface area contributed by atoms with E-state index in [2.05, 4.69) is 31.4 Å². The SMILES string of the molecule is O=C(CCCOc1ccc(Br)cc1)Nc1ccn[nH]1. The summed E-state index contributed by atoms with van der Waals surface area (Å²) in [5.74, 6) is 1.36. The number of anilines is 1. The summed E-state index contributed by atoms with van der Waals surface area (Å²) in [5.41, 5.74) is 0. The van der Waals surface area contributed by atoms with Crippen molar-refractivity contribution in [3.05, 3.63) is 41.0 Å². The van der Waals surface area contributed by atoms with Crippen LogP contribution in [0.5, 0.6) is 5.75 Å². The number of benzene rings is 1. The first-order valence-electron chi connectivity index (χ1n) is 5.91. The molecule has 19 heavy (non-hydrogen) atoms. The van der Waals surface area contributed by atoms with Crippen molar-refractivity contribution in [1.82, 2.24) is 10.2 Å². The number of nitrogens with zero attached hydrogens (tertiary/aromatic N) is 1. The standard InChI is InChI=1S/C13H14BrN3O2/c14-10-3-5-11(6-4-10)19-9-1-2-13(18)16-12-7-8-15-17-12/h3-8H,1-2,9H2,(H2,15,16,17,18). The highest BCUT2D eigenvalue weighted by Crippen LogP contribution is 2.16. The van der Waals surface area contributed by atoms with E-state index in [9.17, 15) is 4.79 Å². The monoisotopic (exact) mass is 323 g/mol. The maximum Gasteiger partial charge on any atom is 0.225 e. The van der Waals surface area contributed by atoms with Gasteiger partial charge in [0.1, 0.15) is 11.6 Å². The predicted octanol–water partition coefficient (Wildman–Crippen LogP) is 2.97. The molecule has 100 valence electrons. The first-order valence-corrected chi connectivity index (χ1v) is 6.71. The van der Waals surface area contributed by atoms with Gasteiger partial charge in [-0.05, 0) is 30.7 Å². The van der Waals surface area contributed by atoms with Crippen molar-refractivity contribution < 1.29 is 9.53 Å². The number of carbonyl (C=O) groups is 1. The first-order chi connectivity index (χ1) is 9.24. The van der Waals surface area contributed by atoms with Crippen molar-refractivity contribution in [2.75, 3.05) is 11.9 Å². The van der Waals surface area contributed by atoms with Gasteiger partial charge in [-0.15, -0.1) is 0 Å². The Morgan fingerprint density at radius 2 is 2.11 bits per heavy atom. The molecule has 0 bridgehead atoms. The Kier molecular flexibility index (Phi) is 4.97. The van der Waals surface area contributed by atoms with Crippen molar-refractivity contribution in [1.29, 1.82) is 0 Å². The molecule has 0 atom stereocenters. The number of amides is 1. The summed E-state index contributed by atoms with van der Waals surface area (Å²) in [5, 5.41) is 9.13. The summed E-state index contributed by atoms with van der Waals surface area (Å²) in [6.07, 6.45) is 2.66. The average Bonchev–Trinajstić information content (AvgIpc) is 2.89. The minimum atomic E-state index is -0.0522. The molecule has 0 saturated heterocycles. The molecule has 0 unspecified atom stereocenters. The summed E-state index contributed by atoms with van der Waals surface area (Å²) in [4.78, 5) is 11.5. The maximum atomic E-state index is 11.5. The summed E-state index contributed by atoms with van der Waals surface area (Å²) in [7, 11) is 0. The maximum absolute atomic E-state index is 11.5. The smallest absolute Gasteiger partial charge is 0.225 e. The highest BCUT2D eigenvalue weighted by molar-refractivity contribution is 9.10. The fourth-order valence-corrected chi connectivity index (χ4v) is 1.76. The van der Waals surface area contributed by atoms with E-state index < -0.39 is 0 Å². The highest BCUT2D eigenvalue weighted by Gasteiger charge is 2.03. The number of hydrogen-bond acceptors (Lipinski definition) is 3. The predicted molar refractivity (Wildman–Crippen MR) is 76.1 cm³/mol. The fourth-order valence-electron chi connectivity index (χ4n) is 1.49. The van der Waals surface area contributed by atoms with Crippen molar-refractivity contribution in [2.45, 2.75) is 12.8 Å². The molecule has 1 amide bonds. The number of ether oxygens (including phenoxy) is 1. The minimum absolute atomic E-state index is 0.0522. The summed E-state index contributed by atoms with van der Waals surface area (Å²) < 4.78 is 6.54. The fraction of sp³-hybridized carbons (Fsp3) is 0.231. The highest BCUT2D eigenvalue weighted by atomic mass is 79.9. The van der Waals surface area contributed by atoms with Crippen LogP contribution in [-0.2, 0) is 4.79 Å². The Bertz CT molecular complexity index is 511. The van der Waals surface area contributed by atoms with Crippen LogP contribution in [0.2, 0.25) is 0 Å². The number of halogens is 1. The molecule has 2 rings (SSSR count). The molecule has 5 nitrogen and oxygen atoms in total. The van der Waals surface area contributed by atoms with Crippen LogP contribution < -0.4 is 10.1 Å². The number of aromatic nitrogens is 2. The van der Waals surface area contributed by atoms with Gasteiger partial charge in [-0.2, -0.15) is 5.10 Å². The molecule has 1 aromatic carbocycles. The van der Waals surface area contributed by atoms with Gasteiger partial charge in [-0.3, -0.25) is 9.89 Å². The number of hydrogen-bond donors (Lipinski definition) is 2. The zero-order valence-electron chi connectivity index (χ0n) is 10.2. The lowest BCUT2D eigenvalue weighted by Gasteiger charge is -2.06. The number of H-pyrrole nitrogens is 1. The molecular formula is C13H14BrN3O2. The van der Waals surface area contributed by atoms with Crippen molar-refractivity contribution >= 4 is 27.7 Å². The number of carbonyl (C=O) groups excluding carboxylic acids is 1. The van der Waals surface area contributed by atoms with Crippen molar-refractivity contribution in [3.8, 4) is 5.75 Å². The molecule has 1 aromatic heterocycles. The zero-order chi connectivity index (χ0) is 13.5. The van der Waals surface area contributed by atoms with Crippen LogP contribution in [0.4, 0.5) is 5.82 Å². The van der Waals surface area contributed by atoms with Crippen LogP contribution in [0.15, 0.2) is 41.0 Å². The van der Waals surface area contributed by atoms with E-state index >= 15 is 0 Å². The molecule has 0 fully saturated rings. The average molecular weight is 324 g/mol. The van der Waals surface area contributed by atoms with Crippen LogP contribution in [0.1, 0.15) is 12.8 Å². The Morgan fingerprint density at radius 1 is 1.32 bits per heavy atom. The first kappa shape index (κ1) is 13.6. The lowest BCUT2D eigenvalue weighted by molar-refractivity contribution is -0.116. The van der Waals surface area contributed by atoms with Gasteiger partial charge < -0.3 is 10.1 Å². The lowest BCUT2D eigenvalue weighted by Crippen LogP contribution is -2.13. The van der Waals surface area contributed by atoms with Gasteiger partial charge in [-0.25, -0.2) is 0 Å². The summed E-state index contributed by atoms with van der Waals surface area (Å²) in [6.45, 7) is 0.512. The molecule has 1 heterocycles. The van der Waals surface area contributed by atoms with E-state index in [4.69, 9.17) is 4.74 Å². The van der Waals surface area contributed by atoms with E-state index in [0.717, 1.165) is 10.2 Å². The molecule has 0 spiro atoms. The third kappa shape index (κ3) is 4.75. The topological polar surface area (TPSA) is 67.0 Å². The number of nitrogens with one attached hydrogen (secondary N) is 2. The molecule has 0 aliphatic rings. The van der Waals surface area contributed by atoms with Gasteiger partial charge in [0.15, 0.2) is 0 Å². The van der Waals surface area contributed by atoms with Gasteiger partial charge >= 0.3 is 0 Å². The van der Waals surface area contributed by atoms with Gasteiger partial charge in [0.25, 0.3) is 0 Å². The van der Waals surface area contributed by atoms with Gasteiger partial charge in [0.05, 0.1) is 12.8 Å². The van der Waals surface area contributed by atoms with E-state index in [1.165, 1.54) is 0 Å². The Balaban J connectivity index is 1.64. The van der Waals surface area contributed by atoms with Crippen molar-refractivity contribution in [3.63, 3.8) is 0 Å². The number of aromatic amines is 1. The largest absolute Gasteiger partial charge is 0.494 e. The minimum Gasteiger partial charge on any atom is -0.494 e. The summed E-state index contributed by atoms with van der Waals surface area (Å²) in [6, 6.07) is 9.31. The zero-order valence-corrected chi connectivity index (χ0v) is 11.8. The second-order valence-corrected chi connectivity index (χ2v) is 4.84. The molecule has 0 saturated carbocycles. The molecule has 6 heteroatoms. The van der Waals surface area contributed by atoms with Crippen LogP contribution >= 0.6 is 15.9 Å². The third-order valence-corrected chi connectivity index (χ3v) is 2.93. The molecular weight excluding hydrogens is 310 g/mol. The quantitative estimate of drug-likeness (QED) is 0.803. The second kappa shape index (κ2) is 6.94. The van der Waals surface area contributed by atoms with E-state index in [1.54, 1.807) is 12.3 Å². The Morgan fingerprint density at radius 3 is 2.79 bits per heavy atom. The third-order valence-electron chi connectivity index (χ3n) is 2.41. The second-order valence-electron chi connectivity index (χ2n) is 3.92. The molecule has 0 aliphatic carbocycles. The lowest BCUT2D eigenvalue weighted by atomic mass is 10.3. The Labute approximate surface area is 119 Å². The Hall–Kier alpha value is -1.82. The van der Waals surface area contributed by atoms with Crippen LogP contribution in [0, 0.1) is 0 Å². The van der Waals surface area contributed by atoms with Crippen LogP contribution in [0.3, 0.4) is 0 Å². The van der Waals surface area contributed by atoms with Gasteiger partial charge in [0, 0.05) is 17.0 Å². The van der Waals surface area contributed by atoms with Gasteiger partial charge in [0.2, 0.25) is 5.91 Å². The van der Waals surface area contributed by atoms with Crippen LogP contribution in [-0.4, -0.2) is 22.7 Å². The molecule has 0 aliphatic heterocycles. The molecule has 0 radical (unpaired) electrons. The number of rotatable bonds is 6. The van der Waals surface area contributed by atoms with Crippen molar-refractivity contribution in [2.24, 2.45) is 0 Å². The van der Waals surface area contributed by atoms with Crippen LogP contribution in [0.25, 0.3) is 0 Å². The normalized spacial score (nSPS) is 10.2.